The van der Waals surface area contributed by atoms with Gasteiger partial charge in [0.05, 0.1) is 6.04 Å². The summed E-state index contributed by atoms with van der Waals surface area (Å²) in [6.45, 7) is 4.39. The highest BCUT2D eigenvalue weighted by Gasteiger charge is 2.44. The molecular weight excluding hydrogens is 581 g/mol. The summed E-state index contributed by atoms with van der Waals surface area (Å²) in [5, 5.41) is 9.01. The largest absolute Gasteiger partial charge is 0.357 e. The fraction of sp³-hybridized carbons (Fsp3) is 0.576. The summed E-state index contributed by atoms with van der Waals surface area (Å²) in [6.07, 6.45) is 16.6. The number of nitrogens with zero attached hydrogens (tertiary/aromatic N) is 6. The number of rotatable bonds is 9. The maximum absolute atomic E-state index is 14.2. The Hall–Kier alpha value is -2.68. The van der Waals surface area contributed by atoms with Crippen molar-refractivity contribution < 1.29 is 4.79 Å². The SMILES string of the molecule is Cl.O=C([C@@H](Cc1ccc(Cl)cc1)NC1CCN(c2ccccn2)CC1)N1CCC(Cn2cncn2)(C2CCCCC2)CC1. The first-order chi connectivity index (χ1) is 20.6. The molecular formula is C33H45Cl2N7O. The molecule has 1 aromatic carbocycles. The van der Waals surface area contributed by atoms with Crippen LogP contribution in [-0.4, -0.2) is 68.8 Å². The molecule has 8 nitrogen and oxygen atoms in total. The van der Waals surface area contributed by atoms with Gasteiger partial charge in [0.2, 0.25) is 5.91 Å². The van der Waals surface area contributed by atoms with Crippen LogP contribution in [0.5, 0.6) is 0 Å². The number of pyridine rings is 1. The molecule has 10 heteroatoms. The smallest absolute Gasteiger partial charge is 0.240 e. The number of benzene rings is 1. The molecule has 0 unspecified atom stereocenters. The van der Waals surface area contributed by atoms with Crippen molar-refractivity contribution >= 4 is 35.7 Å². The third kappa shape index (κ3) is 7.89. The van der Waals surface area contributed by atoms with Gasteiger partial charge < -0.3 is 15.1 Å². The normalized spacial score (nSPS) is 20.4. The van der Waals surface area contributed by atoms with Gasteiger partial charge in [-0.15, -0.1) is 12.4 Å². The number of halogens is 2. The number of hydrogen-bond donors (Lipinski definition) is 1. The Kier molecular flexibility index (Phi) is 11.0. The van der Waals surface area contributed by atoms with Crippen LogP contribution in [0, 0.1) is 11.3 Å². The molecule has 1 N–H and O–H groups in total. The maximum Gasteiger partial charge on any atom is 0.240 e. The molecule has 6 rings (SSSR count). The second-order valence-electron chi connectivity index (χ2n) is 12.6. The molecule has 3 fully saturated rings. The number of amides is 1. The summed E-state index contributed by atoms with van der Waals surface area (Å²) in [5.74, 6) is 1.96. The summed E-state index contributed by atoms with van der Waals surface area (Å²) in [7, 11) is 0. The Morgan fingerprint density at radius 2 is 1.72 bits per heavy atom. The van der Waals surface area contributed by atoms with Crippen LogP contribution in [0.15, 0.2) is 61.3 Å². The van der Waals surface area contributed by atoms with Gasteiger partial charge in [0.25, 0.3) is 0 Å². The van der Waals surface area contributed by atoms with Crippen molar-refractivity contribution in [1.29, 1.82) is 0 Å². The minimum absolute atomic E-state index is 0. The van der Waals surface area contributed by atoms with Crippen molar-refractivity contribution in [2.24, 2.45) is 11.3 Å². The first kappa shape index (κ1) is 31.7. The monoisotopic (exact) mass is 625 g/mol. The van der Waals surface area contributed by atoms with Gasteiger partial charge in [0.15, 0.2) is 0 Å². The van der Waals surface area contributed by atoms with E-state index in [9.17, 15) is 4.79 Å². The Labute approximate surface area is 267 Å². The van der Waals surface area contributed by atoms with E-state index in [2.05, 4.69) is 48.4 Å². The van der Waals surface area contributed by atoms with Crippen molar-refractivity contribution in [1.82, 2.24) is 30.0 Å². The predicted molar refractivity (Wildman–Crippen MR) is 174 cm³/mol. The van der Waals surface area contributed by atoms with Crippen LogP contribution in [0.1, 0.15) is 63.4 Å². The highest BCUT2D eigenvalue weighted by molar-refractivity contribution is 6.30. The van der Waals surface area contributed by atoms with Crippen LogP contribution < -0.4 is 10.2 Å². The van der Waals surface area contributed by atoms with E-state index in [-0.39, 0.29) is 29.8 Å². The molecule has 1 amide bonds. The van der Waals surface area contributed by atoms with Crippen LogP contribution in [0.25, 0.3) is 0 Å². The predicted octanol–water partition coefficient (Wildman–Crippen LogP) is 5.81. The van der Waals surface area contributed by atoms with Gasteiger partial charge in [-0.3, -0.25) is 9.48 Å². The van der Waals surface area contributed by atoms with E-state index in [1.165, 1.54) is 32.1 Å². The zero-order valence-corrected chi connectivity index (χ0v) is 26.6. The highest BCUT2D eigenvalue weighted by Crippen LogP contribution is 2.47. The van der Waals surface area contributed by atoms with Crippen molar-refractivity contribution in [2.45, 2.75) is 82.8 Å². The maximum atomic E-state index is 14.2. The lowest BCUT2D eigenvalue weighted by Gasteiger charge is -2.48. The summed E-state index contributed by atoms with van der Waals surface area (Å²) in [5.41, 5.74) is 1.32. The average Bonchev–Trinajstić information content (AvgIpc) is 3.56. The van der Waals surface area contributed by atoms with Gasteiger partial charge in [0, 0.05) is 50.0 Å². The number of aromatic nitrogens is 4. The van der Waals surface area contributed by atoms with E-state index in [4.69, 9.17) is 11.6 Å². The van der Waals surface area contributed by atoms with Gasteiger partial charge in [-0.25, -0.2) is 9.97 Å². The van der Waals surface area contributed by atoms with Crippen molar-refractivity contribution in [3.8, 4) is 0 Å². The molecule has 0 bridgehead atoms. The number of hydrogen-bond acceptors (Lipinski definition) is 6. The lowest BCUT2D eigenvalue weighted by molar-refractivity contribution is -0.137. The molecule has 2 aromatic heterocycles. The first-order valence-corrected chi connectivity index (χ1v) is 16.2. The number of piperidine rings is 2. The lowest BCUT2D eigenvalue weighted by Crippen LogP contribution is -2.56. The molecule has 43 heavy (non-hydrogen) atoms. The first-order valence-electron chi connectivity index (χ1n) is 15.9. The van der Waals surface area contributed by atoms with Crippen LogP contribution in [0.4, 0.5) is 5.82 Å². The lowest BCUT2D eigenvalue weighted by atomic mass is 9.63. The second-order valence-corrected chi connectivity index (χ2v) is 13.1. The minimum Gasteiger partial charge on any atom is -0.357 e. The van der Waals surface area contributed by atoms with Crippen LogP contribution in [0.2, 0.25) is 5.02 Å². The average molecular weight is 627 g/mol. The van der Waals surface area contributed by atoms with Crippen molar-refractivity contribution in [2.75, 3.05) is 31.1 Å². The Morgan fingerprint density at radius 3 is 2.37 bits per heavy atom. The molecule has 4 heterocycles. The summed E-state index contributed by atoms with van der Waals surface area (Å²) in [6, 6.07) is 14.1. The quantitative estimate of drug-likeness (QED) is 0.323. The van der Waals surface area contributed by atoms with Crippen LogP contribution in [-0.2, 0) is 17.8 Å². The van der Waals surface area contributed by atoms with Crippen LogP contribution >= 0.6 is 24.0 Å². The fourth-order valence-corrected chi connectivity index (χ4v) is 7.74. The van der Waals surface area contributed by atoms with E-state index in [0.717, 1.165) is 74.8 Å². The van der Waals surface area contributed by atoms with Crippen LogP contribution in [0.3, 0.4) is 0 Å². The number of likely N-dealkylation sites (tertiary alicyclic amines) is 1. The summed E-state index contributed by atoms with van der Waals surface area (Å²) >= 11 is 6.18. The number of anilines is 1. The van der Waals surface area contributed by atoms with E-state index >= 15 is 0 Å². The minimum atomic E-state index is -0.255. The molecule has 0 radical (unpaired) electrons. The molecule has 3 aromatic rings. The van der Waals surface area contributed by atoms with Gasteiger partial charge in [-0.05, 0) is 86.1 Å². The molecule has 2 aliphatic heterocycles. The number of carbonyl (C=O) groups is 1. The summed E-state index contributed by atoms with van der Waals surface area (Å²) < 4.78 is 2.02. The van der Waals surface area contributed by atoms with E-state index < -0.39 is 0 Å². The molecule has 2 saturated heterocycles. The molecule has 1 atom stereocenters. The number of carbonyl (C=O) groups excluding carboxylic acids is 1. The fourth-order valence-electron chi connectivity index (χ4n) is 7.61. The molecule has 3 aliphatic rings. The van der Waals surface area contributed by atoms with E-state index in [1.807, 2.05) is 41.5 Å². The zero-order chi connectivity index (χ0) is 28.8. The van der Waals surface area contributed by atoms with E-state index in [0.29, 0.717) is 18.4 Å². The van der Waals surface area contributed by atoms with Crippen molar-refractivity contribution in [3.63, 3.8) is 0 Å². The van der Waals surface area contributed by atoms with Gasteiger partial charge >= 0.3 is 0 Å². The van der Waals surface area contributed by atoms with Gasteiger partial charge in [0.1, 0.15) is 18.5 Å². The Morgan fingerprint density at radius 1 is 0.977 bits per heavy atom. The molecule has 0 spiro atoms. The Bertz CT molecular complexity index is 1250. The third-order valence-electron chi connectivity index (χ3n) is 10.0. The second kappa shape index (κ2) is 14.9. The zero-order valence-electron chi connectivity index (χ0n) is 25.0. The highest BCUT2D eigenvalue weighted by atomic mass is 35.5. The Balaban J connectivity index is 0.00000368. The number of nitrogens with one attached hydrogen (secondary N) is 1. The standard InChI is InChI=1S/C33H44ClN7O.ClH/c34-28-11-9-26(10-12-28)22-30(38-29-13-18-39(19-14-29)31-8-4-5-17-36-31)32(42)40-20-15-33(16-21-40,23-41-25-35-24-37-41)27-6-2-1-3-7-27;/h4-5,8-12,17,24-25,27,29-30,38H,1-3,6-7,13-16,18-23H2;1H/t30-;/m1./s1. The van der Waals surface area contributed by atoms with Gasteiger partial charge in [-0.2, -0.15) is 5.10 Å². The molecule has 232 valence electrons. The van der Waals surface area contributed by atoms with E-state index in [1.54, 1.807) is 6.33 Å². The topological polar surface area (TPSA) is 79.2 Å². The molecule has 1 aliphatic carbocycles. The molecule has 1 saturated carbocycles. The van der Waals surface area contributed by atoms with Crippen molar-refractivity contribution in [3.05, 3.63) is 71.9 Å². The third-order valence-corrected chi connectivity index (χ3v) is 10.3. The summed E-state index contributed by atoms with van der Waals surface area (Å²) in [4.78, 5) is 27.5. The van der Waals surface area contributed by atoms with Gasteiger partial charge in [-0.1, -0.05) is 49.1 Å².